The number of nitrogens with one attached hydrogen (secondary N) is 1. The Hall–Kier alpha value is -3.20. The molecule has 0 radical (unpaired) electrons. The quantitative estimate of drug-likeness (QED) is 0.596. The Morgan fingerprint density at radius 1 is 1.15 bits per heavy atom. The lowest BCUT2D eigenvalue weighted by molar-refractivity contribution is 0.102. The number of carbonyl (C=O) groups is 1. The van der Waals surface area contributed by atoms with E-state index in [1.54, 1.807) is 19.1 Å². The van der Waals surface area contributed by atoms with Crippen LogP contribution in [0, 0.1) is 18.6 Å². The van der Waals surface area contributed by atoms with Crippen molar-refractivity contribution in [1.29, 1.82) is 0 Å². The highest BCUT2D eigenvalue weighted by atomic mass is 32.1. The maximum atomic E-state index is 13.8. The van der Waals surface area contributed by atoms with Gasteiger partial charge in [-0.25, -0.2) is 8.78 Å². The molecule has 6 nitrogen and oxygen atoms in total. The van der Waals surface area contributed by atoms with Crippen molar-refractivity contribution in [3.8, 4) is 11.4 Å². The number of aromatic nitrogens is 4. The van der Waals surface area contributed by atoms with Gasteiger partial charge in [0.2, 0.25) is 10.1 Å². The van der Waals surface area contributed by atoms with Crippen molar-refractivity contribution in [1.82, 2.24) is 19.8 Å². The van der Waals surface area contributed by atoms with Gasteiger partial charge >= 0.3 is 0 Å². The third-order valence-corrected chi connectivity index (χ3v) is 4.54. The number of hydrogen-bond acceptors (Lipinski definition) is 5. The first-order valence-electron chi connectivity index (χ1n) is 7.57. The van der Waals surface area contributed by atoms with Gasteiger partial charge in [0.25, 0.3) is 5.91 Å². The third-order valence-electron chi connectivity index (χ3n) is 3.73. The van der Waals surface area contributed by atoms with Gasteiger partial charge in [-0.2, -0.15) is 4.52 Å². The number of halogens is 2. The van der Waals surface area contributed by atoms with Gasteiger partial charge in [-0.15, -0.1) is 15.3 Å². The van der Waals surface area contributed by atoms with E-state index >= 15 is 0 Å². The molecule has 2 heterocycles. The number of carbonyl (C=O) groups excluding carboxylic acids is 1. The minimum Gasteiger partial charge on any atom is -0.296 e. The van der Waals surface area contributed by atoms with Crippen LogP contribution >= 0.6 is 11.3 Å². The van der Waals surface area contributed by atoms with Crippen LogP contribution < -0.4 is 5.32 Å². The largest absolute Gasteiger partial charge is 0.296 e. The van der Waals surface area contributed by atoms with Crippen LogP contribution in [0.5, 0.6) is 0 Å². The van der Waals surface area contributed by atoms with Crippen molar-refractivity contribution >= 4 is 27.3 Å². The van der Waals surface area contributed by atoms with Gasteiger partial charge in [-0.05, 0) is 36.8 Å². The summed E-state index contributed by atoms with van der Waals surface area (Å²) >= 11 is 1.11. The number of aryl methyl sites for hydroxylation is 1. The maximum Gasteiger partial charge on any atom is 0.257 e. The molecule has 0 fully saturated rings. The number of rotatable bonds is 3. The zero-order valence-corrected chi connectivity index (χ0v) is 14.2. The van der Waals surface area contributed by atoms with E-state index in [1.807, 2.05) is 0 Å². The van der Waals surface area contributed by atoms with E-state index in [0.29, 0.717) is 21.9 Å². The van der Waals surface area contributed by atoms with E-state index < -0.39 is 11.7 Å². The molecule has 1 N–H and O–H groups in total. The predicted octanol–water partition coefficient (Wildman–Crippen LogP) is 3.69. The summed E-state index contributed by atoms with van der Waals surface area (Å²) < 4.78 is 28.5. The zero-order chi connectivity index (χ0) is 18.3. The van der Waals surface area contributed by atoms with Crippen LogP contribution in [0.15, 0.2) is 42.5 Å². The van der Waals surface area contributed by atoms with Gasteiger partial charge in [0.1, 0.15) is 11.6 Å². The molecule has 4 aromatic rings. The fourth-order valence-corrected chi connectivity index (χ4v) is 3.11. The monoisotopic (exact) mass is 371 g/mol. The molecule has 0 atom stereocenters. The van der Waals surface area contributed by atoms with Gasteiger partial charge < -0.3 is 0 Å². The van der Waals surface area contributed by atoms with E-state index in [9.17, 15) is 13.6 Å². The summed E-state index contributed by atoms with van der Waals surface area (Å²) in [5, 5.41) is 15.1. The fraction of sp³-hybridized carbons (Fsp3) is 0.0588. The molecule has 0 saturated carbocycles. The van der Waals surface area contributed by atoms with E-state index in [2.05, 4.69) is 20.6 Å². The molecule has 4 rings (SSSR count). The Bertz CT molecular complexity index is 1140. The second-order valence-corrected chi connectivity index (χ2v) is 6.51. The average molecular weight is 371 g/mol. The third kappa shape index (κ3) is 2.93. The molecule has 0 aliphatic heterocycles. The van der Waals surface area contributed by atoms with Gasteiger partial charge in [0, 0.05) is 11.1 Å². The predicted molar refractivity (Wildman–Crippen MR) is 93.1 cm³/mol. The molecule has 0 saturated heterocycles. The van der Waals surface area contributed by atoms with E-state index in [-0.39, 0.29) is 16.5 Å². The Labute approximate surface area is 150 Å². The first kappa shape index (κ1) is 16.3. The van der Waals surface area contributed by atoms with Gasteiger partial charge in [-0.3, -0.25) is 10.1 Å². The molecule has 0 unspecified atom stereocenters. The Balaban J connectivity index is 1.65. The summed E-state index contributed by atoms with van der Waals surface area (Å²) in [7, 11) is 0. The van der Waals surface area contributed by atoms with Crippen molar-refractivity contribution in [2.75, 3.05) is 5.32 Å². The SMILES string of the molecule is Cc1ccc(-c2nnc3sc(NC(=O)c4cccc(F)c4)nn23)cc1F. The Morgan fingerprint density at radius 3 is 2.77 bits per heavy atom. The fourth-order valence-electron chi connectivity index (χ4n) is 2.38. The molecular weight excluding hydrogens is 360 g/mol. The summed E-state index contributed by atoms with van der Waals surface area (Å²) in [6, 6.07) is 10.1. The normalized spacial score (nSPS) is 11.0. The minimum atomic E-state index is -0.500. The van der Waals surface area contributed by atoms with Crippen LogP contribution in [0.4, 0.5) is 13.9 Å². The van der Waals surface area contributed by atoms with Crippen LogP contribution in [-0.4, -0.2) is 25.7 Å². The lowest BCUT2D eigenvalue weighted by atomic mass is 10.1. The van der Waals surface area contributed by atoms with Crippen molar-refractivity contribution in [3.63, 3.8) is 0 Å². The van der Waals surface area contributed by atoms with Crippen molar-refractivity contribution in [2.24, 2.45) is 0 Å². The number of amides is 1. The average Bonchev–Trinajstić information content (AvgIpc) is 3.17. The highest BCUT2D eigenvalue weighted by Crippen LogP contribution is 2.25. The highest BCUT2D eigenvalue weighted by molar-refractivity contribution is 7.20. The molecule has 2 aromatic heterocycles. The second kappa shape index (κ2) is 6.26. The minimum absolute atomic E-state index is 0.178. The van der Waals surface area contributed by atoms with E-state index in [1.165, 1.54) is 28.8 Å². The van der Waals surface area contributed by atoms with Gasteiger partial charge in [0.05, 0.1) is 0 Å². The summed E-state index contributed by atoms with van der Waals surface area (Å²) in [5.74, 6) is -0.979. The van der Waals surface area contributed by atoms with Gasteiger partial charge in [-0.1, -0.05) is 29.5 Å². The first-order chi connectivity index (χ1) is 12.5. The zero-order valence-electron chi connectivity index (χ0n) is 13.4. The Morgan fingerprint density at radius 2 is 2.00 bits per heavy atom. The smallest absolute Gasteiger partial charge is 0.257 e. The molecule has 0 aliphatic rings. The summed E-state index contributed by atoms with van der Waals surface area (Å²) in [6.07, 6.45) is 0. The number of hydrogen-bond donors (Lipinski definition) is 1. The van der Waals surface area contributed by atoms with Crippen molar-refractivity contribution in [2.45, 2.75) is 6.92 Å². The van der Waals surface area contributed by atoms with Crippen LogP contribution in [-0.2, 0) is 0 Å². The highest BCUT2D eigenvalue weighted by Gasteiger charge is 2.16. The van der Waals surface area contributed by atoms with Crippen LogP contribution in [0.3, 0.4) is 0 Å². The summed E-state index contributed by atoms with van der Waals surface area (Å²) in [6.45, 7) is 1.67. The van der Waals surface area contributed by atoms with Crippen LogP contribution in [0.2, 0.25) is 0 Å². The molecular formula is C17H11F2N5OS. The number of anilines is 1. The summed E-state index contributed by atoms with van der Waals surface area (Å²) in [4.78, 5) is 12.6. The molecule has 0 bridgehead atoms. The lowest BCUT2D eigenvalue weighted by Crippen LogP contribution is -2.12. The molecule has 0 aliphatic carbocycles. The molecule has 2 aromatic carbocycles. The number of benzene rings is 2. The van der Waals surface area contributed by atoms with E-state index in [0.717, 1.165) is 17.4 Å². The standard InChI is InChI=1S/C17H11F2N5OS/c1-9-5-6-10(8-13(9)19)14-21-22-17-24(14)23-16(26-17)20-15(25)11-3-2-4-12(18)7-11/h2-8H,1H3,(H,20,23,25). The van der Waals surface area contributed by atoms with Crippen molar-refractivity contribution in [3.05, 3.63) is 65.2 Å². The second-order valence-electron chi connectivity index (χ2n) is 5.55. The molecule has 130 valence electrons. The topological polar surface area (TPSA) is 72.2 Å². The summed E-state index contributed by atoms with van der Waals surface area (Å²) in [5.41, 5.74) is 1.22. The van der Waals surface area contributed by atoms with E-state index in [4.69, 9.17) is 0 Å². The van der Waals surface area contributed by atoms with Crippen LogP contribution in [0.1, 0.15) is 15.9 Å². The maximum absolute atomic E-state index is 13.8. The lowest BCUT2D eigenvalue weighted by Gasteiger charge is -2.01. The first-order valence-corrected chi connectivity index (χ1v) is 8.38. The van der Waals surface area contributed by atoms with Crippen molar-refractivity contribution < 1.29 is 13.6 Å². The number of nitrogens with zero attached hydrogens (tertiary/aromatic N) is 4. The Kier molecular flexibility index (Phi) is 3.92. The van der Waals surface area contributed by atoms with Gasteiger partial charge in [0.15, 0.2) is 5.82 Å². The molecule has 0 spiro atoms. The van der Waals surface area contributed by atoms with Crippen LogP contribution in [0.25, 0.3) is 16.3 Å². The molecule has 9 heteroatoms. The molecule has 1 amide bonds. The number of fused-ring (bicyclic) bond motifs is 1. The molecule has 26 heavy (non-hydrogen) atoms.